The Morgan fingerprint density at radius 1 is 1.07 bits per heavy atom. The van der Waals surface area contributed by atoms with Gasteiger partial charge in [0.25, 0.3) is 0 Å². The van der Waals surface area contributed by atoms with E-state index in [0.29, 0.717) is 24.5 Å². The lowest BCUT2D eigenvalue weighted by Crippen LogP contribution is -2.29. The van der Waals surface area contributed by atoms with Crippen LogP contribution in [0.3, 0.4) is 0 Å². The zero-order chi connectivity index (χ0) is 19.5. The molecule has 0 saturated carbocycles. The minimum Gasteiger partial charge on any atom is -0.459 e. The maximum Gasteiger partial charge on any atom is 0.223 e. The average Bonchev–Trinajstić information content (AvgIpc) is 3.38. The van der Waals surface area contributed by atoms with Crippen molar-refractivity contribution in [3.05, 3.63) is 78.5 Å². The summed E-state index contributed by atoms with van der Waals surface area (Å²) in [5.41, 5.74) is 1.81. The van der Waals surface area contributed by atoms with Gasteiger partial charge in [-0.1, -0.05) is 48.5 Å². The summed E-state index contributed by atoms with van der Waals surface area (Å²) in [6, 6.07) is 19.5. The van der Waals surface area contributed by atoms with E-state index in [4.69, 9.17) is 8.83 Å². The van der Waals surface area contributed by atoms with E-state index < -0.39 is 0 Å². The molecule has 5 nitrogen and oxygen atoms in total. The van der Waals surface area contributed by atoms with Crippen molar-refractivity contribution in [3.63, 3.8) is 0 Å². The Bertz CT molecular complexity index is 1050. The van der Waals surface area contributed by atoms with Crippen LogP contribution in [0, 0.1) is 0 Å². The first-order chi connectivity index (χ1) is 13.6. The molecule has 2 heterocycles. The fourth-order valence-corrected chi connectivity index (χ4v) is 3.17. The molecule has 2 aromatic carbocycles. The van der Waals surface area contributed by atoms with Crippen LogP contribution in [0.5, 0.6) is 0 Å². The number of amides is 1. The minimum atomic E-state index is -0.149. The Labute approximate surface area is 163 Å². The summed E-state index contributed by atoms with van der Waals surface area (Å²) in [5.74, 6) is 2.08. The number of benzene rings is 2. The number of carbonyl (C=O) groups is 1. The number of hydrogen-bond donors (Lipinski definition) is 0. The molecule has 0 aliphatic carbocycles. The third kappa shape index (κ3) is 3.69. The third-order valence-corrected chi connectivity index (χ3v) is 5.00. The highest BCUT2D eigenvalue weighted by molar-refractivity contribution is 5.79. The number of carbonyl (C=O) groups excluding carboxylic acids is 1. The molecule has 1 atom stereocenters. The Morgan fingerprint density at radius 2 is 1.82 bits per heavy atom. The van der Waals surface area contributed by atoms with Crippen LogP contribution >= 0.6 is 0 Å². The van der Waals surface area contributed by atoms with Crippen LogP contribution in [0.1, 0.15) is 31.0 Å². The fraction of sp³-hybridized carbons (Fsp3) is 0.217. The van der Waals surface area contributed by atoms with E-state index in [1.54, 1.807) is 18.1 Å². The number of hydrogen-bond acceptors (Lipinski definition) is 4. The van der Waals surface area contributed by atoms with Crippen LogP contribution < -0.4 is 0 Å². The molecule has 142 valence electrons. The molecule has 0 radical (unpaired) electrons. The summed E-state index contributed by atoms with van der Waals surface area (Å²) in [5, 5.41) is 1.04. The molecule has 28 heavy (non-hydrogen) atoms. The predicted octanol–water partition coefficient (Wildman–Crippen LogP) is 5.24. The van der Waals surface area contributed by atoms with Crippen LogP contribution in [0.25, 0.3) is 22.3 Å². The molecular weight excluding hydrogens is 352 g/mol. The van der Waals surface area contributed by atoms with Crippen LogP contribution in [-0.4, -0.2) is 22.8 Å². The molecule has 4 rings (SSSR count). The van der Waals surface area contributed by atoms with Gasteiger partial charge in [0.15, 0.2) is 11.7 Å². The van der Waals surface area contributed by atoms with Gasteiger partial charge in [-0.15, -0.1) is 0 Å². The molecule has 0 spiro atoms. The van der Waals surface area contributed by atoms with Gasteiger partial charge < -0.3 is 13.7 Å². The van der Waals surface area contributed by atoms with Crippen LogP contribution in [-0.2, 0) is 11.2 Å². The quantitative estimate of drug-likeness (QED) is 0.463. The van der Waals surface area contributed by atoms with Gasteiger partial charge in [0.05, 0.1) is 12.2 Å². The van der Waals surface area contributed by atoms with Gasteiger partial charge in [-0.25, -0.2) is 4.98 Å². The predicted molar refractivity (Wildman–Crippen MR) is 108 cm³/mol. The number of oxazole rings is 1. The molecule has 1 amide bonds. The number of nitrogens with zero attached hydrogens (tertiary/aromatic N) is 2. The Kier molecular flexibility index (Phi) is 4.98. The molecule has 4 aromatic rings. The summed E-state index contributed by atoms with van der Waals surface area (Å²) < 4.78 is 11.7. The van der Waals surface area contributed by atoms with Gasteiger partial charge in [-0.3, -0.25) is 4.79 Å². The molecular formula is C23H22N2O3. The highest BCUT2D eigenvalue weighted by atomic mass is 16.4. The summed E-state index contributed by atoms with van der Waals surface area (Å²) >= 11 is 0. The Hall–Kier alpha value is -3.34. The number of aryl methyl sites for hydroxylation is 1. The number of fused-ring (bicyclic) bond motifs is 1. The van der Waals surface area contributed by atoms with Crippen LogP contribution in [0.4, 0.5) is 0 Å². The summed E-state index contributed by atoms with van der Waals surface area (Å²) in [7, 11) is 1.80. The molecule has 0 aliphatic heterocycles. The summed E-state index contributed by atoms with van der Waals surface area (Å²) in [4.78, 5) is 18.6. The normalized spacial score (nSPS) is 12.2. The first-order valence-corrected chi connectivity index (χ1v) is 9.36. The molecule has 1 unspecified atom stereocenters. The highest BCUT2D eigenvalue weighted by Crippen LogP contribution is 2.27. The van der Waals surface area contributed by atoms with Gasteiger partial charge in [-0.2, -0.15) is 0 Å². The number of furan rings is 1. The molecule has 0 N–H and O–H groups in total. The van der Waals surface area contributed by atoms with E-state index in [0.717, 1.165) is 22.3 Å². The van der Waals surface area contributed by atoms with E-state index in [2.05, 4.69) is 4.98 Å². The second-order valence-electron chi connectivity index (χ2n) is 6.85. The van der Waals surface area contributed by atoms with Gasteiger partial charge in [-0.05, 0) is 19.1 Å². The minimum absolute atomic E-state index is 0.0208. The van der Waals surface area contributed by atoms with Crippen molar-refractivity contribution in [3.8, 4) is 11.3 Å². The monoisotopic (exact) mass is 374 g/mol. The van der Waals surface area contributed by atoms with Gasteiger partial charge in [0.1, 0.15) is 11.3 Å². The maximum atomic E-state index is 12.6. The lowest BCUT2D eigenvalue weighted by Gasteiger charge is -2.23. The van der Waals surface area contributed by atoms with E-state index >= 15 is 0 Å². The standard InChI is InChI=1S/C23H22N2O3/c1-16(20-14-18-10-6-7-11-19(18)27-20)25(2)23(26)13-12-22-24-15-21(28-22)17-8-4-3-5-9-17/h3-11,14-16H,12-13H2,1-2H3. The van der Waals surface area contributed by atoms with E-state index in [9.17, 15) is 4.79 Å². The molecule has 0 aliphatic rings. The number of rotatable bonds is 6. The molecule has 0 saturated heterocycles. The maximum absolute atomic E-state index is 12.6. The fourth-order valence-electron chi connectivity index (χ4n) is 3.17. The van der Waals surface area contributed by atoms with Crippen molar-refractivity contribution >= 4 is 16.9 Å². The smallest absolute Gasteiger partial charge is 0.223 e. The van der Waals surface area contributed by atoms with Gasteiger partial charge >= 0.3 is 0 Å². The molecule has 0 fully saturated rings. The van der Waals surface area contributed by atoms with Crippen molar-refractivity contribution in [2.75, 3.05) is 7.05 Å². The second kappa shape index (κ2) is 7.72. The highest BCUT2D eigenvalue weighted by Gasteiger charge is 2.21. The summed E-state index contributed by atoms with van der Waals surface area (Å²) in [6.45, 7) is 1.97. The number of para-hydroxylation sites is 1. The Morgan fingerprint density at radius 3 is 2.61 bits per heavy atom. The van der Waals surface area contributed by atoms with Gasteiger partial charge in [0, 0.05) is 30.8 Å². The Balaban J connectivity index is 1.38. The van der Waals surface area contributed by atoms with Gasteiger partial charge in [0.2, 0.25) is 5.91 Å². The largest absolute Gasteiger partial charge is 0.459 e. The van der Waals surface area contributed by atoms with E-state index in [1.807, 2.05) is 67.6 Å². The zero-order valence-electron chi connectivity index (χ0n) is 16.0. The van der Waals surface area contributed by atoms with E-state index in [1.165, 1.54) is 0 Å². The lowest BCUT2D eigenvalue weighted by molar-refractivity contribution is -0.132. The molecule has 2 aromatic heterocycles. The first-order valence-electron chi connectivity index (χ1n) is 9.36. The molecule has 0 bridgehead atoms. The second-order valence-corrected chi connectivity index (χ2v) is 6.85. The molecule has 5 heteroatoms. The van der Waals surface area contributed by atoms with Crippen molar-refractivity contribution in [1.82, 2.24) is 9.88 Å². The average molecular weight is 374 g/mol. The van der Waals surface area contributed by atoms with Crippen molar-refractivity contribution in [2.24, 2.45) is 0 Å². The first kappa shape index (κ1) is 18.0. The van der Waals surface area contributed by atoms with Crippen molar-refractivity contribution < 1.29 is 13.6 Å². The van der Waals surface area contributed by atoms with E-state index in [-0.39, 0.29) is 11.9 Å². The SMILES string of the molecule is CC(c1cc2ccccc2o1)N(C)C(=O)CCc1ncc(-c2ccccc2)o1. The summed E-state index contributed by atoms with van der Waals surface area (Å²) in [6.07, 6.45) is 2.49. The van der Waals surface area contributed by atoms with Crippen molar-refractivity contribution in [1.29, 1.82) is 0 Å². The van der Waals surface area contributed by atoms with Crippen molar-refractivity contribution in [2.45, 2.75) is 25.8 Å². The zero-order valence-corrected chi connectivity index (χ0v) is 16.0. The number of aromatic nitrogens is 1. The topological polar surface area (TPSA) is 59.5 Å². The third-order valence-electron chi connectivity index (χ3n) is 5.00. The van der Waals surface area contributed by atoms with Crippen LogP contribution in [0.2, 0.25) is 0 Å². The van der Waals surface area contributed by atoms with Crippen LogP contribution in [0.15, 0.2) is 75.7 Å². The lowest BCUT2D eigenvalue weighted by atomic mass is 10.2.